The molecule has 5 heterocycles. The minimum atomic E-state index is -4.44. The van der Waals surface area contributed by atoms with Crippen molar-refractivity contribution in [2.45, 2.75) is 56.9 Å². The van der Waals surface area contributed by atoms with Crippen LogP contribution in [0.4, 0.5) is 29.6 Å². The van der Waals surface area contributed by atoms with Crippen molar-refractivity contribution in [3.05, 3.63) is 35.9 Å². The molecule has 0 aromatic carbocycles. The van der Waals surface area contributed by atoms with Crippen LogP contribution in [0.1, 0.15) is 43.5 Å². The Labute approximate surface area is 194 Å². The summed E-state index contributed by atoms with van der Waals surface area (Å²) in [7, 11) is 0. The summed E-state index contributed by atoms with van der Waals surface area (Å²) in [5.74, 6) is 0.440. The van der Waals surface area contributed by atoms with Crippen molar-refractivity contribution < 1.29 is 22.7 Å². The van der Waals surface area contributed by atoms with Gasteiger partial charge >= 0.3 is 12.2 Å². The smallest absolute Gasteiger partial charge is 0.377 e. The molecule has 0 aliphatic carbocycles. The van der Waals surface area contributed by atoms with Gasteiger partial charge in [0.1, 0.15) is 6.54 Å². The van der Waals surface area contributed by atoms with Crippen LogP contribution in [-0.2, 0) is 11.2 Å². The first-order valence-electron chi connectivity index (χ1n) is 11.4. The first-order chi connectivity index (χ1) is 16.3. The van der Waals surface area contributed by atoms with Gasteiger partial charge in [-0.15, -0.1) is 0 Å². The molecule has 2 amide bonds. The number of anilines is 2. The molecule has 9 nitrogen and oxygen atoms in total. The quantitative estimate of drug-likeness (QED) is 0.662. The summed E-state index contributed by atoms with van der Waals surface area (Å²) in [6, 6.07) is -0.832. The summed E-state index contributed by atoms with van der Waals surface area (Å²) >= 11 is 0. The molecule has 12 heteroatoms. The summed E-state index contributed by atoms with van der Waals surface area (Å²) in [4.78, 5) is 23.2. The molecule has 2 aromatic heterocycles. The van der Waals surface area contributed by atoms with E-state index in [0.29, 0.717) is 25.6 Å². The normalized spacial score (nSPS) is 22.4. The number of halogens is 3. The van der Waals surface area contributed by atoms with Crippen LogP contribution in [0.5, 0.6) is 0 Å². The molecule has 2 atom stereocenters. The van der Waals surface area contributed by atoms with Crippen LogP contribution in [0.15, 0.2) is 24.7 Å². The summed E-state index contributed by atoms with van der Waals surface area (Å²) in [5.41, 5.74) is 3.56. The molecular weight excluding hydrogens is 451 g/mol. The van der Waals surface area contributed by atoms with E-state index >= 15 is 0 Å². The number of alkyl halides is 3. The average Bonchev–Trinajstić information content (AvgIpc) is 3.31. The van der Waals surface area contributed by atoms with Crippen LogP contribution in [0.25, 0.3) is 5.57 Å². The van der Waals surface area contributed by atoms with Crippen molar-refractivity contribution >= 4 is 23.2 Å². The molecule has 3 aliphatic rings. The highest BCUT2D eigenvalue weighted by Gasteiger charge is 2.41. The zero-order valence-electron chi connectivity index (χ0n) is 18.7. The second-order valence-electron chi connectivity index (χ2n) is 8.82. The summed E-state index contributed by atoms with van der Waals surface area (Å²) in [6.07, 6.45) is 5.66. The predicted molar refractivity (Wildman–Crippen MR) is 117 cm³/mol. The fourth-order valence-electron chi connectivity index (χ4n) is 4.70. The van der Waals surface area contributed by atoms with E-state index in [1.54, 1.807) is 17.3 Å². The lowest BCUT2D eigenvalue weighted by molar-refractivity contribution is -0.123. The van der Waals surface area contributed by atoms with Crippen LogP contribution in [0.3, 0.4) is 0 Å². The number of fused-ring (bicyclic) bond motifs is 2. The third kappa shape index (κ3) is 4.59. The van der Waals surface area contributed by atoms with E-state index in [2.05, 4.69) is 15.4 Å². The number of amides is 2. The molecule has 0 radical (unpaired) electrons. The van der Waals surface area contributed by atoms with Crippen LogP contribution in [-0.4, -0.2) is 68.7 Å². The molecule has 182 valence electrons. The molecule has 0 saturated carbocycles. The van der Waals surface area contributed by atoms with Gasteiger partial charge in [-0.3, -0.25) is 4.68 Å². The fraction of sp³-hybridized carbons (Fsp3) is 0.545. The molecule has 2 unspecified atom stereocenters. The van der Waals surface area contributed by atoms with Gasteiger partial charge in [0.2, 0.25) is 5.95 Å². The number of aromatic nitrogens is 4. The lowest BCUT2D eigenvalue weighted by Gasteiger charge is -2.34. The minimum Gasteiger partial charge on any atom is -0.377 e. The molecular formula is C22H26F3N7O2. The number of aryl methyl sites for hydroxylation is 1. The standard InChI is InChI=1S/C22H26F3N7O2/c1-2-13-7-26-20(29-15-8-28-31(9-15)18-10-34-11-18)30-19(13)14-5-16-3-4-17(6-14)32(16)21(33)27-12-22(23,24)25/h5,7-9,16-18H,2-4,6,10-12H2,1H3,(H,27,33)(H,26,29,30). The highest BCUT2D eigenvalue weighted by Crippen LogP contribution is 2.39. The molecule has 2 N–H and O–H groups in total. The number of hydrogen-bond donors (Lipinski definition) is 2. The number of carbonyl (C=O) groups is 1. The van der Waals surface area contributed by atoms with Gasteiger partial charge in [-0.25, -0.2) is 14.8 Å². The highest BCUT2D eigenvalue weighted by atomic mass is 19.4. The Morgan fingerprint density at radius 2 is 2.06 bits per heavy atom. The molecule has 2 saturated heterocycles. The second kappa shape index (κ2) is 8.90. The number of ether oxygens (including phenoxy) is 1. The number of hydrogen-bond acceptors (Lipinski definition) is 6. The third-order valence-corrected chi connectivity index (χ3v) is 6.47. The van der Waals surface area contributed by atoms with Gasteiger partial charge in [0, 0.05) is 18.4 Å². The monoisotopic (exact) mass is 477 g/mol. The van der Waals surface area contributed by atoms with Gasteiger partial charge in [0.25, 0.3) is 0 Å². The number of nitrogens with one attached hydrogen (secondary N) is 2. The maximum Gasteiger partial charge on any atom is 0.405 e. The fourth-order valence-corrected chi connectivity index (χ4v) is 4.70. The van der Waals surface area contributed by atoms with Gasteiger partial charge in [0.15, 0.2) is 0 Å². The molecule has 0 spiro atoms. The van der Waals surface area contributed by atoms with E-state index in [4.69, 9.17) is 9.72 Å². The average molecular weight is 477 g/mol. The van der Waals surface area contributed by atoms with Crippen LogP contribution in [0.2, 0.25) is 0 Å². The summed E-state index contributed by atoms with van der Waals surface area (Å²) in [5, 5.41) is 9.56. The molecule has 2 bridgehead atoms. The molecule has 5 rings (SSSR count). The van der Waals surface area contributed by atoms with Crippen LogP contribution < -0.4 is 10.6 Å². The van der Waals surface area contributed by atoms with Crippen molar-refractivity contribution in [1.82, 2.24) is 30.0 Å². The third-order valence-electron chi connectivity index (χ3n) is 6.47. The zero-order chi connectivity index (χ0) is 23.9. The van der Waals surface area contributed by atoms with Crippen LogP contribution >= 0.6 is 0 Å². The Morgan fingerprint density at radius 1 is 1.24 bits per heavy atom. The van der Waals surface area contributed by atoms with Gasteiger partial charge in [-0.05, 0) is 36.8 Å². The van der Waals surface area contributed by atoms with Crippen molar-refractivity contribution in [2.75, 3.05) is 25.1 Å². The van der Waals surface area contributed by atoms with Crippen molar-refractivity contribution in [1.29, 1.82) is 0 Å². The number of urea groups is 1. The van der Waals surface area contributed by atoms with Crippen molar-refractivity contribution in [2.24, 2.45) is 0 Å². The molecule has 2 aromatic rings. The zero-order valence-corrected chi connectivity index (χ0v) is 18.7. The van der Waals surface area contributed by atoms with Crippen molar-refractivity contribution in [3.63, 3.8) is 0 Å². The van der Waals surface area contributed by atoms with Crippen molar-refractivity contribution in [3.8, 4) is 0 Å². The molecule has 3 aliphatic heterocycles. The van der Waals surface area contributed by atoms with Gasteiger partial charge in [-0.2, -0.15) is 18.3 Å². The topological polar surface area (TPSA) is 97.2 Å². The minimum absolute atomic E-state index is 0.155. The number of nitrogens with zero attached hydrogens (tertiary/aromatic N) is 5. The maximum absolute atomic E-state index is 12.5. The van der Waals surface area contributed by atoms with E-state index in [0.717, 1.165) is 41.8 Å². The van der Waals surface area contributed by atoms with Gasteiger partial charge in [0.05, 0.1) is 42.9 Å². The SMILES string of the molecule is CCc1cnc(Nc2cnn(C3COC3)c2)nc1C1=CC2CCC(C1)N2C(=O)NCC(F)(F)F. The predicted octanol–water partition coefficient (Wildman–Crippen LogP) is 3.44. The number of carbonyl (C=O) groups excluding carboxylic acids is 1. The Bertz CT molecular complexity index is 1100. The van der Waals surface area contributed by atoms with E-state index < -0.39 is 18.8 Å². The van der Waals surface area contributed by atoms with E-state index in [1.807, 2.05) is 29.2 Å². The van der Waals surface area contributed by atoms with Crippen LogP contribution in [0, 0.1) is 0 Å². The van der Waals surface area contributed by atoms with E-state index in [1.165, 1.54) is 0 Å². The summed E-state index contributed by atoms with van der Waals surface area (Å²) in [6.45, 7) is 1.99. The molecule has 34 heavy (non-hydrogen) atoms. The van der Waals surface area contributed by atoms with Gasteiger partial charge in [-0.1, -0.05) is 13.0 Å². The first kappa shape index (κ1) is 22.6. The first-order valence-corrected chi connectivity index (χ1v) is 11.4. The Morgan fingerprint density at radius 3 is 2.74 bits per heavy atom. The van der Waals surface area contributed by atoms with E-state index in [-0.39, 0.29) is 18.1 Å². The Balaban J connectivity index is 1.34. The Kier molecular flexibility index (Phi) is 5.92. The van der Waals surface area contributed by atoms with E-state index in [9.17, 15) is 18.0 Å². The lowest BCUT2D eigenvalue weighted by atomic mass is 9.95. The lowest BCUT2D eigenvalue weighted by Crippen LogP contribution is -2.50. The Hall–Kier alpha value is -3.15. The maximum atomic E-state index is 12.5. The number of rotatable bonds is 6. The largest absolute Gasteiger partial charge is 0.405 e. The highest BCUT2D eigenvalue weighted by molar-refractivity contribution is 5.79. The van der Waals surface area contributed by atoms with Gasteiger partial charge < -0.3 is 20.3 Å². The second-order valence-corrected chi connectivity index (χ2v) is 8.82. The summed E-state index contributed by atoms with van der Waals surface area (Å²) < 4.78 is 44.7. The molecule has 2 fully saturated rings.